The Bertz CT molecular complexity index is 615. The highest BCUT2D eigenvalue weighted by Gasteiger charge is 2.35. The van der Waals surface area contributed by atoms with E-state index in [-0.39, 0.29) is 17.8 Å². The minimum absolute atomic E-state index is 0.0363. The van der Waals surface area contributed by atoms with E-state index < -0.39 is 11.7 Å². The first kappa shape index (κ1) is 14.8. The largest absolute Gasteiger partial charge is 0.419 e. The van der Waals surface area contributed by atoms with E-state index >= 15 is 0 Å². The zero-order valence-corrected chi connectivity index (χ0v) is 11.6. The van der Waals surface area contributed by atoms with Gasteiger partial charge in [0.05, 0.1) is 5.56 Å². The van der Waals surface area contributed by atoms with Crippen LogP contribution in [0.15, 0.2) is 30.7 Å². The summed E-state index contributed by atoms with van der Waals surface area (Å²) in [6, 6.07) is 2.29. The lowest BCUT2D eigenvalue weighted by Gasteiger charge is -2.19. The topological polar surface area (TPSA) is 62.8 Å². The van der Waals surface area contributed by atoms with E-state index in [1.54, 1.807) is 12.4 Å². The van der Waals surface area contributed by atoms with Gasteiger partial charge in [-0.25, -0.2) is 9.97 Å². The van der Waals surface area contributed by atoms with Gasteiger partial charge in [0, 0.05) is 37.7 Å². The van der Waals surface area contributed by atoms with Crippen LogP contribution in [0.2, 0.25) is 0 Å². The molecule has 3 heterocycles. The SMILES string of the molecule is FC(F)(F)c1cccnc1NC[C@@H]1CCO[C@H]1c1ncc[nH]1. The van der Waals surface area contributed by atoms with E-state index in [2.05, 4.69) is 20.3 Å². The van der Waals surface area contributed by atoms with E-state index in [1.807, 2.05) is 0 Å². The van der Waals surface area contributed by atoms with Crippen LogP contribution in [0.4, 0.5) is 19.0 Å². The number of alkyl halides is 3. The van der Waals surface area contributed by atoms with Crippen LogP contribution in [0, 0.1) is 5.92 Å². The summed E-state index contributed by atoms with van der Waals surface area (Å²) in [5.74, 6) is 0.579. The van der Waals surface area contributed by atoms with Gasteiger partial charge in [-0.15, -0.1) is 0 Å². The van der Waals surface area contributed by atoms with E-state index in [1.165, 1.54) is 12.3 Å². The maximum atomic E-state index is 12.9. The summed E-state index contributed by atoms with van der Waals surface area (Å²) in [6.45, 7) is 0.900. The first-order valence-electron chi connectivity index (χ1n) is 6.92. The predicted octanol–water partition coefficient (Wildman–Crippen LogP) is 3.01. The number of H-pyrrole nitrogens is 1. The number of nitrogens with one attached hydrogen (secondary N) is 2. The molecule has 0 aliphatic carbocycles. The summed E-state index contributed by atoms with van der Waals surface area (Å²) in [7, 11) is 0. The van der Waals surface area contributed by atoms with Crippen LogP contribution >= 0.6 is 0 Å². The minimum atomic E-state index is -4.43. The molecule has 0 amide bonds. The van der Waals surface area contributed by atoms with E-state index in [4.69, 9.17) is 4.74 Å². The lowest BCUT2D eigenvalue weighted by molar-refractivity contribution is -0.137. The smallest absolute Gasteiger partial charge is 0.370 e. The quantitative estimate of drug-likeness (QED) is 0.911. The average molecular weight is 312 g/mol. The van der Waals surface area contributed by atoms with Gasteiger partial charge in [0.25, 0.3) is 0 Å². The van der Waals surface area contributed by atoms with Gasteiger partial charge in [-0.1, -0.05) is 0 Å². The maximum Gasteiger partial charge on any atom is 0.419 e. The molecule has 2 aromatic heterocycles. The second kappa shape index (κ2) is 5.96. The molecule has 2 aromatic rings. The van der Waals surface area contributed by atoms with Crippen LogP contribution in [-0.4, -0.2) is 28.1 Å². The highest BCUT2D eigenvalue weighted by atomic mass is 19.4. The molecule has 8 heteroatoms. The standard InChI is InChI=1S/C14H15F3N4O/c15-14(16,17)10-2-1-4-18-12(10)21-8-9-3-7-22-11(9)13-19-5-6-20-13/h1-2,4-6,9,11H,3,7-8H2,(H,18,21)(H,19,20)/t9-,11+/m0/s1. The molecule has 0 spiro atoms. The zero-order valence-electron chi connectivity index (χ0n) is 11.6. The second-order valence-electron chi connectivity index (χ2n) is 5.09. The summed E-state index contributed by atoms with van der Waals surface area (Å²) in [5.41, 5.74) is -0.761. The number of pyridine rings is 1. The summed E-state index contributed by atoms with van der Waals surface area (Å²) in [5, 5.41) is 2.80. The van der Waals surface area contributed by atoms with Crippen molar-refractivity contribution in [2.24, 2.45) is 5.92 Å². The molecule has 1 fully saturated rings. The van der Waals surface area contributed by atoms with Gasteiger partial charge >= 0.3 is 6.18 Å². The molecule has 0 bridgehead atoms. The number of anilines is 1. The fraction of sp³-hybridized carbons (Fsp3) is 0.429. The molecule has 22 heavy (non-hydrogen) atoms. The van der Waals surface area contributed by atoms with Gasteiger partial charge in [0.2, 0.25) is 0 Å². The molecule has 1 saturated heterocycles. The Hall–Kier alpha value is -2.09. The molecular formula is C14H15F3N4O. The normalized spacial score (nSPS) is 22.0. The summed E-state index contributed by atoms with van der Waals surface area (Å²) < 4.78 is 44.4. The number of hydrogen-bond donors (Lipinski definition) is 2. The molecule has 0 unspecified atom stereocenters. The zero-order chi connectivity index (χ0) is 15.6. The van der Waals surface area contributed by atoms with E-state index in [0.717, 1.165) is 12.5 Å². The third-order valence-corrected chi connectivity index (χ3v) is 3.65. The van der Waals surface area contributed by atoms with Crippen molar-refractivity contribution in [3.8, 4) is 0 Å². The van der Waals surface area contributed by atoms with Gasteiger partial charge in [0.15, 0.2) is 0 Å². The third kappa shape index (κ3) is 3.06. The number of aromatic nitrogens is 3. The van der Waals surface area contributed by atoms with Gasteiger partial charge in [0.1, 0.15) is 17.7 Å². The number of halogens is 3. The lowest BCUT2D eigenvalue weighted by atomic mass is 10.0. The van der Waals surface area contributed by atoms with Crippen molar-refractivity contribution in [2.75, 3.05) is 18.5 Å². The summed E-state index contributed by atoms with van der Waals surface area (Å²) in [4.78, 5) is 10.9. The Morgan fingerprint density at radius 3 is 2.91 bits per heavy atom. The van der Waals surface area contributed by atoms with Gasteiger partial charge in [-0.2, -0.15) is 13.2 Å². The van der Waals surface area contributed by atoms with Crippen molar-refractivity contribution in [1.29, 1.82) is 0 Å². The van der Waals surface area contributed by atoms with Gasteiger partial charge in [-0.3, -0.25) is 0 Å². The van der Waals surface area contributed by atoms with E-state index in [9.17, 15) is 13.2 Å². The van der Waals surface area contributed by atoms with Crippen molar-refractivity contribution in [3.05, 3.63) is 42.1 Å². The number of aromatic amines is 1. The molecule has 2 N–H and O–H groups in total. The number of imidazole rings is 1. The Morgan fingerprint density at radius 2 is 2.18 bits per heavy atom. The second-order valence-corrected chi connectivity index (χ2v) is 5.09. The Labute approximate surface area is 124 Å². The summed E-state index contributed by atoms with van der Waals surface area (Å²) >= 11 is 0. The van der Waals surface area contributed by atoms with Crippen molar-refractivity contribution >= 4 is 5.82 Å². The van der Waals surface area contributed by atoms with Crippen LogP contribution in [-0.2, 0) is 10.9 Å². The molecule has 2 atom stereocenters. The van der Waals surface area contributed by atoms with Crippen molar-refractivity contribution in [2.45, 2.75) is 18.7 Å². The highest BCUT2D eigenvalue weighted by Crippen LogP contribution is 2.35. The fourth-order valence-corrected chi connectivity index (χ4v) is 2.58. The molecule has 0 radical (unpaired) electrons. The molecule has 1 aliphatic heterocycles. The molecule has 5 nitrogen and oxygen atoms in total. The van der Waals surface area contributed by atoms with Crippen LogP contribution < -0.4 is 5.32 Å². The third-order valence-electron chi connectivity index (χ3n) is 3.65. The molecule has 0 saturated carbocycles. The Balaban J connectivity index is 1.70. The molecule has 0 aromatic carbocycles. The molecule has 3 rings (SSSR count). The van der Waals surface area contributed by atoms with Crippen LogP contribution in [0.1, 0.15) is 23.9 Å². The first-order chi connectivity index (χ1) is 10.6. The van der Waals surface area contributed by atoms with Crippen LogP contribution in [0.3, 0.4) is 0 Å². The Morgan fingerprint density at radius 1 is 1.32 bits per heavy atom. The molecule has 118 valence electrons. The first-order valence-corrected chi connectivity index (χ1v) is 6.92. The predicted molar refractivity (Wildman–Crippen MR) is 73.1 cm³/mol. The van der Waals surface area contributed by atoms with Gasteiger partial charge in [-0.05, 0) is 18.6 Å². The number of hydrogen-bond acceptors (Lipinski definition) is 4. The Kier molecular flexibility index (Phi) is 4.02. The average Bonchev–Trinajstić information content (AvgIpc) is 3.15. The van der Waals surface area contributed by atoms with E-state index in [0.29, 0.717) is 19.0 Å². The minimum Gasteiger partial charge on any atom is -0.370 e. The van der Waals surface area contributed by atoms with Crippen molar-refractivity contribution in [3.63, 3.8) is 0 Å². The number of ether oxygens (including phenoxy) is 1. The monoisotopic (exact) mass is 312 g/mol. The summed E-state index contributed by atoms with van der Waals surface area (Å²) in [6.07, 6.45) is 0.757. The maximum absolute atomic E-state index is 12.9. The molecular weight excluding hydrogens is 297 g/mol. The lowest BCUT2D eigenvalue weighted by Crippen LogP contribution is -2.21. The van der Waals surface area contributed by atoms with Crippen molar-refractivity contribution < 1.29 is 17.9 Å². The molecule has 1 aliphatic rings. The van der Waals surface area contributed by atoms with Crippen molar-refractivity contribution in [1.82, 2.24) is 15.0 Å². The van der Waals surface area contributed by atoms with Crippen LogP contribution in [0.5, 0.6) is 0 Å². The highest BCUT2D eigenvalue weighted by molar-refractivity contribution is 5.45. The van der Waals surface area contributed by atoms with Gasteiger partial charge < -0.3 is 15.0 Å². The number of nitrogens with zero attached hydrogens (tertiary/aromatic N) is 2. The fourth-order valence-electron chi connectivity index (χ4n) is 2.58. The van der Waals surface area contributed by atoms with Crippen LogP contribution in [0.25, 0.3) is 0 Å². The number of rotatable bonds is 4.